The van der Waals surface area contributed by atoms with Crippen molar-refractivity contribution in [3.8, 4) is 0 Å². The molecule has 212 valence electrons. The molecule has 0 aromatic carbocycles. The molecule has 0 aromatic rings. The molecule has 0 amide bonds. The number of carboxylic acid groups (broad SMARTS) is 2. The summed E-state index contributed by atoms with van der Waals surface area (Å²) in [6, 6.07) is 0. The van der Waals surface area contributed by atoms with E-state index in [4.69, 9.17) is 0 Å². The summed E-state index contributed by atoms with van der Waals surface area (Å²) in [6.07, 6.45) is 10.7. The molecule has 0 heterocycles. The number of hydrogen-bond donors (Lipinski definition) is 6. The van der Waals surface area contributed by atoms with E-state index in [1.54, 1.807) is 52.0 Å². The van der Waals surface area contributed by atoms with Gasteiger partial charge in [-0.2, -0.15) is 0 Å². The molecule has 0 fully saturated rings. The summed E-state index contributed by atoms with van der Waals surface area (Å²) in [7, 11) is 0. The van der Waals surface area contributed by atoms with Crippen LogP contribution >= 0.6 is 0 Å². The highest BCUT2D eigenvalue weighted by Gasteiger charge is 2.28. The maximum absolute atomic E-state index is 11.3. The lowest BCUT2D eigenvalue weighted by Gasteiger charge is -2.25. The van der Waals surface area contributed by atoms with Gasteiger partial charge in [0.25, 0.3) is 0 Å². The molecule has 4 atom stereocenters. The Morgan fingerprint density at radius 3 is 1.32 bits per heavy atom. The molecule has 0 aliphatic heterocycles. The van der Waals surface area contributed by atoms with Crippen LogP contribution in [0.1, 0.15) is 79.1 Å². The lowest BCUT2D eigenvalue weighted by atomic mass is 9.84. The zero-order valence-electron chi connectivity index (χ0n) is 22.9. The van der Waals surface area contributed by atoms with Gasteiger partial charge >= 0.3 is 11.9 Å². The van der Waals surface area contributed by atoms with E-state index >= 15 is 0 Å². The van der Waals surface area contributed by atoms with Crippen LogP contribution in [0.4, 0.5) is 0 Å². The number of rotatable bonds is 14. The van der Waals surface area contributed by atoms with Crippen LogP contribution in [0.2, 0.25) is 0 Å². The highest BCUT2D eigenvalue weighted by molar-refractivity contribution is 5.73. The smallest absolute Gasteiger partial charge is 0.309 e. The van der Waals surface area contributed by atoms with E-state index in [1.807, 2.05) is 0 Å². The van der Waals surface area contributed by atoms with Gasteiger partial charge in [0.15, 0.2) is 0 Å². The van der Waals surface area contributed by atoms with Gasteiger partial charge in [0.2, 0.25) is 0 Å². The number of unbranched alkanes of at least 4 members (excludes halogenated alkanes) is 2. The van der Waals surface area contributed by atoms with Crippen LogP contribution in [0.25, 0.3) is 0 Å². The van der Waals surface area contributed by atoms with Crippen LogP contribution in [0.15, 0.2) is 58.7 Å². The standard InChI is InChI=1S/C30H44O8/c1-29(2,27(35)36)13-7-5-9-19-15-23(31)17-21(25(19)33)11-12-22-18-24(32)16-20(26(22)34)10-6-8-14-30(3,4)28(37)38/h11-12,15-18,23-26,31-34H,5-10,13-14H2,1-4H3,(H,35,36)(H,37,38)/b12-11+. The Balaban J connectivity index is 1.95. The van der Waals surface area contributed by atoms with E-state index in [0.29, 0.717) is 73.7 Å². The Morgan fingerprint density at radius 2 is 1.00 bits per heavy atom. The van der Waals surface area contributed by atoms with Gasteiger partial charge in [0, 0.05) is 0 Å². The molecule has 6 N–H and O–H groups in total. The molecule has 0 aromatic heterocycles. The topological polar surface area (TPSA) is 156 Å². The molecule has 8 heteroatoms. The van der Waals surface area contributed by atoms with E-state index in [2.05, 4.69) is 0 Å². The van der Waals surface area contributed by atoms with Gasteiger partial charge in [0.05, 0.1) is 35.2 Å². The maximum Gasteiger partial charge on any atom is 0.309 e. The van der Waals surface area contributed by atoms with Crippen LogP contribution in [-0.4, -0.2) is 67.0 Å². The van der Waals surface area contributed by atoms with E-state index in [9.17, 15) is 40.2 Å². The molecule has 0 radical (unpaired) electrons. The van der Waals surface area contributed by atoms with E-state index in [-0.39, 0.29) is 0 Å². The lowest BCUT2D eigenvalue weighted by Crippen LogP contribution is -2.24. The largest absolute Gasteiger partial charge is 0.481 e. The molecule has 8 nitrogen and oxygen atoms in total. The predicted molar refractivity (Wildman–Crippen MR) is 145 cm³/mol. The molecule has 4 unspecified atom stereocenters. The molecular formula is C30H44O8. The number of carboxylic acids is 2. The van der Waals surface area contributed by atoms with Gasteiger partial charge in [-0.25, -0.2) is 0 Å². The fourth-order valence-corrected chi connectivity index (χ4v) is 4.65. The van der Waals surface area contributed by atoms with Gasteiger partial charge in [0.1, 0.15) is 0 Å². The van der Waals surface area contributed by atoms with Crippen molar-refractivity contribution in [2.75, 3.05) is 0 Å². The van der Waals surface area contributed by atoms with Gasteiger partial charge in [-0.3, -0.25) is 9.59 Å². The molecule has 38 heavy (non-hydrogen) atoms. The zero-order valence-corrected chi connectivity index (χ0v) is 22.9. The summed E-state index contributed by atoms with van der Waals surface area (Å²) in [4.78, 5) is 22.6. The van der Waals surface area contributed by atoms with Crippen molar-refractivity contribution >= 4 is 11.9 Å². The van der Waals surface area contributed by atoms with Crippen molar-refractivity contribution in [3.05, 3.63) is 58.7 Å². The first-order chi connectivity index (χ1) is 17.6. The van der Waals surface area contributed by atoms with Gasteiger partial charge in [-0.15, -0.1) is 0 Å². The fourth-order valence-electron chi connectivity index (χ4n) is 4.65. The molecule has 2 rings (SSSR count). The van der Waals surface area contributed by atoms with Crippen LogP contribution < -0.4 is 0 Å². The number of aliphatic hydroxyl groups is 4. The average molecular weight is 533 g/mol. The Kier molecular flexibility index (Phi) is 11.3. The van der Waals surface area contributed by atoms with E-state index in [0.717, 1.165) is 0 Å². The minimum Gasteiger partial charge on any atom is -0.481 e. The Labute approximate surface area is 225 Å². The van der Waals surface area contributed by atoms with Crippen molar-refractivity contribution in [1.82, 2.24) is 0 Å². The predicted octanol–water partition coefficient (Wildman–Crippen LogP) is 4.06. The first kappa shape index (κ1) is 31.7. The lowest BCUT2D eigenvalue weighted by molar-refractivity contribution is -0.148. The monoisotopic (exact) mass is 532 g/mol. The van der Waals surface area contributed by atoms with Crippen LogP contribution in [0, 0.1) is 10.8 Å². The van der Waals surface area contributed by atoms with E-state index < -0.39 is 47.2 Å². The highest BCUT2D eigenvalue weighted by Crippen LogP contribution is 2.31. The molecule has 0 saturated heterocycles. The third-order valence-corrected chi connectivity index (χ3v) is 7.49. The highest BCUT2D eigenvalue weighted by atomic mass is 16.4. The van der Waals surface area contributed by atoms with Gasteiger partial charge < -0.3 is 30.6 Å². The third kappa shape index (κ3) is 9.05. The molecule has 0 spiro atoms. The first-order valence-corrected chi connectivity index (χ1v) is 13.4. The van der Waals surface area contributed by atoms with Crippen molar-refractivity contribution < 1.29 is 40.2 Å². The SMILES string of the molecule is CC(C)(CCCCC1=CC(O)C=C(/C=C/C2=CC(O)C=C(CCCCC(C)(C)C(=O)O)C2O)C1O)C(=O)O. The molecule has 0 bridgehead atoms. The van der Waals surface area contributed by atoms with Gasteiger partial charge in [-0.1, -0.05) is 37.1 Å². The Morgan fingerprint density at radius 1 is 0.658 bits per heavy atom. The van der Waals surface area contributed by atoms with Crippen LogP contribution in [-0.2, 0) is 9.59 Å². The quantitative estimate of drug-likeness (QED) is 0.144. The second kappa shape index (κ2) is 13.5. The number of aliphatic carboxylic acids is 2. The van der Waals surface area contributed by atoms with Crippen molar-refractivity contribution in [1.29, 1.82) is 0 Å². The Bertz CT molecular complexity index is 931. The minimum absolute atomic E-state index is 0.482. The summed E-state index contributed by atoms with van der Waals surface area (Å²) in [5.74, 6) is -1.69. The van der Waals surface area contributed by atoms with Crippen LogP contribution in [0.3, 0.4) is 0 Å². The molecular weight excluding hydrogens is 488 g/mol. The van der Waals surface area contributed by atoms with Crippen molar-refractivity contribution in [3.63, 3.8) is 0 Å². The van der Waals surface area contributed by atoms with E-state index in [1.165, 1.54) is 12.2 Å². The maximum atomic E-state index is 11.3. The molecule has 0 saturated carbocycles. The summed E-state index contributed by atoms with van der Waals surface area (Å²) < 4.78 is 0. The second-order valence-corrected chi connectivity index (χ2v) is 11.7. The zero-order chi connectivity index (χ0) is 28.7. The van der Waals surface area contributed by atoms with Crippen LogP contribution in [0.5, 0.6) is 0 Å². The second-order valence-electron chi connectivity index (χ2n) is 11.7. The summed E-state index contributed by atoms with van der Waals surface area (Å²) in [5.41, 5.74) is 0.667. The normalized spacial score (nSPS) is 24.5. The third-order valence-electron chi connectivity index (χ3n) is 7.49. The fraction of sp³-hybridized carbons (Fsp3) is 0.600. The summed E-state index contributed by atoms with van der Waals surface area (Å²) in [6.45, 7) is 6.74. The molecule has 2 aliphatic rings. The van der Waals surface area contributed by atoms with Crippen molar-refractivity contribution in [2.45, 2.75) is 103 Å². The van der Waals surface area contributed by atoms with Crippen molar-refractivity contribution in [2.24, 2.45) is 10.8 Å². The number of aliphatic hydroxyl groups excluding tert-OH is 4. The summed E-state index contributed by atoms with van der Waals surface area (Å²) in [5, 5.41) is 60.8. The number of hydrogen-bond acceptors (Lipinski definition) is 6. The number of carbonyl (C=O) groups is 2. The summed E-state index contributed by atoms with van der Waals surface area (Å²) >= 11 is 0. The average Bonchev–Trinajstić information content (AvgIpc) is 2.82. The first-order valence-electron chi connectivity index (χ1n) is 13.4. The Hall–Kier alpha value is -2.52. The minimum atomic E-state index is -0.930. The van der Waals surface area contributed by atoms with Gasteiger partial charge in [-0.05, 0) is 101 Å². The molecule has 2 aliphatic carbocycles.